The normalized spacial score (nSPS) is 15.0. The van der Waals surface area contributed by atoms with Gasteiger partial charge in [-0.25, -0.2) is 0 Å². The van der Waals surface area contributed by atoms with E-state index in [0.717, 1.165) is 44.9 Å². The molecule has 4 nitrogen and oxygen atoms in total. The quantitative estimate of drug-likeness (QED) is 0.129. The number of likely N-dealkylation sites (tertiary alicyclic amines) is 1. The van der Waals surface area contributed by atoms with Crippen molar-refractivity contribution in [1.82, 2.24) is 15.1 Å². The zero-order chi connectivity index (χ0) is 34.7. The van der Waals surface area contributed by atoms with Gasteiger partial charge in [-0.15, -0.1) is 0 Å². The molecule has 1 aliphatic heterocycles. The fourth-order valence-corrected chi connectivity index (χ4v) is 6.76. The predicted molar refractivity (Wildman–Crippen MR) is 207 cm³/mol. The molecule has 1 unspecified atom stereocenters. The highest BCUT2D eigenvalue weighted by molar-refractivity contribution is 5.31. The van der Waals surface area contributed by atoms with Crippen LogP contribution >= 0.6 is 0 Å². The molecule has 0 amide bonds. The first kappa shape index (κ1) is 36.8. The Hall–Kier alpha value is -3.44. The zero-order valence-corrected chi connectivity index (χ0v) is 31.2. The molecule has 1 fully saturated rings. The van der Waals surface area contributed by atoms with Gasteiger partial charge in [-0.2, -0.15) is 0 Å². The van der Waals surface area contributed by atoms with Crippen LogP contribution in [0.4, 0.5) is 0 Å². The Bertz CT molecular complexity index is 1450. The summed E-state index contributed by atoms with van der Waals surface area (Å²) < 4.78 is 6.13. The van der Waals surface area contributed by atoms with Crippen molar-refractivity contribution in [3.63, 3.8) is 0 Å². The third-order valence-corrected chi connectivity index (χ3v) is 10.0. The second-order valence-electron chi connectivity index (χ2n) is 16.2. The summed E-state index contributed by atoms with van der Waals surface area (Å²) in [5, 5.41) is 3.90. The zero-order valence-electron chi connectivity index (χ0n) is 31.2. The third-order valence-electron chi connectivity index (χ3n) is 10.0. The van der Waals surface area contributed by atoms with E-state index in [0.29, 0.717) is 12.6 Å². The Labute approximate surface area is 297 Å². The lowest BCUT2D eigenvalue weighted by Crippen LogP contribution is -2.45. The largest absolute Gasteiger partial charge is 0.489 e. The van der Waals surface area contributed by atoms with Gasteiger partial charge in [-0.05, 0) is 88.7 Å². The van der Waals surface area contributed by atoms with Gasteiger partial charge in [0.15, 0.2) is 0 Å². The maximum atomic E-state index is 6.13. The maximum Gasteiger partial charge on any atom is 0.119 e. The summed E-state index contributed by atoms with van der Waals surface area (Å²) in [6, 6.07) is 38.2. The summed E-state index contributed by atoms with van der Waals surface area (Å²) in [7, 11) is 0. The number of rotatable bonds is 15. The monoisotopic (exact) mass is 659 g/mol. The average molecular weight is 660 g/mol. The first-order chi connectivity index (χ1) is 23.5. The molecular weight excluding hydrogens is 599 g/mol. The van der Waals surface area contributed by atoms with Crippen molar-refractivity contribution >= 4 is 0 Å². The fourth-order valence-electron chi connectivity index (χ4n) is 6.76. The summed E-state index contributed by atoms with van der Waals surface area (Å²) in [6.07, 6.45) is 5.02. The van der Waals surface area contributed by atoms with Gasteiger partial charge >= 0.3 is 0 Å². The minimum atomic E-state index is 0.144. The Morgan fingerprint density at radius 3 is 1.69 bits per heavy atom. The number of nitrogens with zero attached hydrogens (tertiary/aromatic N) is 2. The lowest BCUT2D eigenvalue weighted by Gasteiger charge is -2.33. The molecule has 5 rings (SSSR count). The van der Waals surface area contributed by atoms with Crippen molar-refractivity contribution in [2.24, 2.45) is 0 Å². The number of benzene rings is 4. The number of hydrogen-bond donors (Lipinski definition) is 1. The van der Waals surface area contributed by atoms with Crippen molar-refractivity contribution in [3.05, 3.63) is 137 Å². The number of piperidine rings is 1. The lowest BCUT2D eigenvalue weighted by molar-refractivity contribution is 0.168. The molecule has 0 spiro atoms. The Kier molecular flexibility index (Phi) is 13.1. The predicted octanol–water partition coefficient (Wildman–Crippen LogP) is 9.55. The molecule has 1 saturated heterocycles. The molecule has 4 aromatic carbocycles. The number of hydrogen-bond acceptors (Lipinski definition) is 4. The van der Waals surface area contributed by atoms with Crippen LogP contribution in [0.3, 0.4) is 0 Å². The van der Waals surface area contributed by atoms with Crippen LogP contribution in [0.15, 0.2) is 103 Å². The van der Waals surface area contributed by atoms with E-state index in [1.54, 1.807) is 0 Å². The van der Waals surface area contributed by atoms with E-state index in [4.69, 9.17) is 4.74 Å². The Morgan fingerprint density at radius 2 is 1.16 bits per heavy atom. The SMILES string of the molecule is CC(C)(C)c1ccc(CN(Cc2ccc(C(C)(C)C)cc2)C(CNCCN2CCCCC2)Cc2ccc(OCc3ccccc3)cc2)cc1. The highest BCUT2D eigenvalue weighted by Gasteiger charge is 2.22. The van der Waals surface area contributed by atoms with E-state index >= 15 is 0 Å². The Balaban J connectivity index is 1.35. The van der Waals surface area contributed by atoms with Crippen LogP contribution in [0, 0.1) is 0 Å². The van der Waals surface area contributed by atoms with Crippen molar-refractivity contribution < 1.29 is 4.74 Å². The standard InChI is InChI=1S/C45H61N3O/c1-44(2,3)40-21-15-37(16-22-40)33-48(34-38-17-23-41(24-18-38)45(4,5)6)42(32-46-27-30-47-28-11-8-12-29-47)31-36-19-25-43(26-20-36)49-35-39-13-9-7-10-14-39/h7,9-10,13-26,42,46H,8,11-12,27-35H2,1-6H3. The molecule has 0 bridgehead atoms. The molecule has 49 heavy (non-hydrogen) atoms. The maximum absolute atomic E-state index is 6.13. The lowest BCUT2D eigenvalue weighted by atomic mass is 9.86. The molecule has 0 saturated carbocycles. The van der Waals surface area contributed by atoms with Gasteiger partial charge in [0.25, 0.3) is 0 Å². The number of nitrogens with one attached hydrogen (secondary N) is 1. The summed E-state index contributed by atoms with van der Waals surface area (Å²) in [4.78, 5) is 5.33. The topological polar surface area (TPSA) is 27.7 Å². The van der Waals surface area contributed by atoms with Crippen LogP contribution in [0.5, 0.6) is 5.75 Å². The third kappa shape index (κ3) is 11.8. The van der Waals surface area contributed by atoms with E-state index in [1.807, 2.05) is 6.07 Å². The van der Waals surface area contributed by atoms with Crippen LogP contribution in [0.25, 0.3) is 0 Å². The van der Waals surface area contributed by atoms with Gasteiger partial charge in [0.05, 0.1) is 0 Å². The summed E-state index contributed by atoms with van der Waals surface area (Å²) >= 11 is 0. The minimum absolute atomic E-state index is 0.144. The minimum Gasteiger partial charge on any atom is -0.489 e. The van der Waals surface area contributed by atoms with Crippen molar-refractivity contribution in [1.29, 1.82) is 0 Å². The molecule has 0 aromatic heterocycles. The molecule has 1 heterocycles. The van der Waals surface area contributed by atoms with Gasteiger partial charge in [0, 0.05) is 38.8 Å². The van der Waals surface area contributed by atoms with Gasteiger partial charge in [0.1, 0.15) is 12.4 Å². The van der Waals surface area contributed by atoms with E-state index in [-0.39, 0.29) is 10.8 Å². The van der Waals surface area contributed by atoms with Crippen LogP contribution in [0.2, 0.25) is 0 Å². The second-order valence-corrected chi connectivity index (χ2v) is 16.2. The molecular formula is C45H61N3O. The fraction of sp³-hybridized carbons (Fsp3) is 0.467. The van der Waals surface area contributed by atoms with Gasteiger partial charge in [-0.1, -0.05) is 139 Å². The van der Waals surface area contributed by atoms with Crippen molar-refractivity contribution in [2.75, 3.05) is 32.7 Å². The van der Waals surface area contributed by atoms with E-state index in [2.05, 4.69) is 154 Å². The van der Waals surface area contributed by atoms with Crippen molar-refractivity contribution in [3.8, 4) is 5.75 Å². The van der Waals surface area contributed by atoms with E-state index in [1.165, 1.54) is 65.7 Å². The molecule has 0 radical (unpaired) electrons. The molecule has 262 valence electrons. The van der Waals surface area contributed by atoms with Gasteiger partial charge in [-0.3, -0.25) is 4.90 Å². The molecule has 1 N–H and O–H groups in total. The Morgan fingerprint density at radius 1 is 0.633 bits per heavy atom. The molecule has 4 heteroatoms. The van der Waals surface area contributed by atoms with Gasteiger partial charge in [0.2, 0.25) is 0 Å². The summed E-state index contributed by atoms with van der Waals surface area (Å²) in [5.74, 6) is 0.915. The van der Waals surface area contributed by atoms with Crippen LogP contribution in [-0.2, 0) is 36.9 Å². The first-order valence-corrected chi connectivity index (χ1v) is 18.6. The summed E-state index contributed by atoms with van der Waals surface area (Å²) in [6.45, 7) is 21.7. The van der Waals surface area contributed by atoms with Crippen LogP contribution < -0.4 is 10.1 Å². The van der Waals surface area contributed by atoms with Crippen LogP contribution in [0.1, 0.15) is 94.2 Å². The molecule has 1 atom stereocenters. The van der Waals surface area contributed by atoms with E-state index in [9.17, 15) is 0 Å². The van der Waals surface area contributed by atoms with Crippen molar-refractivity contribution in [2.45, 2.75) is 104 Å². The second kappa shape index (κ2) is 17.5. The number of ether oxygens (including phenoxy) is 1. The van der Waals surface area contributed by atoms with Crippen LogP contribution in [-0.4, -0.2) is 48.6 Å². The smallest absolute Gasteiger partial charge is 0.119 e. The average Bonchev–Trinajstić information content (AvgIpc) is 3.09. The molecule has 1 aliphatic rings. The molecule has 0 aliphatic carbocycles. The first-order valence-electron chi connectivity index (χ1n) is 18.6. The van der Waals surface area contributed by atoms with Gasteiger partial charge < -0.3 is 15.0 Å². The highest BCUT2D eigenvalue weighted by Crippen LogP contribution is 2.26. The van der Waals surface area contributed by atoms with E-state index < -0.39 is 0 Å². The highest BCUT2D eigenvalue weighted by atomic mass is 16.5. The summed E-state index contributed by atoms with van der Waals surface area (Å²) in [5.41, 5.74) is 8.30. The molecule has 4 aromatic rings.